The number of hydrogen-bond acceptors (Lipinski definition) is 7. The SMILES string of the molecule is COc1cc(N2c3ncccc3C=NC2c2c[nH]cn2)cc(OC)c1OC. The van der Waals surface area contributed by atoms with Gasteiger partial charge in [-0.2, -0.15) is 0 Å². The minimum Gasteiger partial charge on any atom is -0.493 e. The molecule has 27 heavy (non-hydrogen) atoms. The van der Waals surface area contributed by atoms with Gasteiger partial charge in [0.15, 0.2) is 17.7 Å². The molecular formula is C19H19N5O3. The standard InChI is InChI=1S/C19H19N5O3/c1-25-15-7-13(8-16(26-2)17(15)27-3)24-18-12(5-4-6-21-18)9-22-19(24)14-10-20-11-23-14/h4-11,19H,1-3H3,(H,20,23). The van der Waals surface area contributed by atoms with E-state index in [1.807, 2.05) is 41.6 Å². The Hall–Kier alpha value is -3.55. The second-order valence-corrected chi connectivity index (χ2v) is 5.82. The Morgan fingerprint density at radius 2 is 1.81 bits per heavy atom. The fraction of sp³-hybridized carbons (Fsp3) is 0.211. The molecule has 0 fully saturated rings. The Bertz CT molecular complexity index is 946. The van der Waals surface area contributed by atoms with Crippen molar-refractivity contribution in [2.45, 2.75) is 6.17 Å². The summed E-state index contributed by atoms with van der Waals surface area (Å²) >= 11 is 0. The molecule has 0 aliphatic carbocycles. The summed E-state index contributed by atoms with van der Waals surface area (Å²) in [4.78, 5) is 18.6. The van der Waals surface area contributed by atoms with Crippen molar-refractivity contribution in [3.05, 3.63) is 54.2 Å². The van der Waals surface area contributed by atoms with E-state index in [4.69, 9.17) is 19.2 Å². The molecule has 3 aromatic rings. The van der Waals surface area contributed by atoms with Gasteiger partial charge < -0.3 is 19.2 Å². The zero-order valence-corrected chi connectivity index (χ0v) is 15.2. The van der Waals surface area contributed by atoms with Gasteiger partial charge in [-0.05, 0) is 12.1 Å². The van der Waals surface area contributed by atoms with E-state index in [1.54, 1.807) is 33.9 Å². The number of anilines is 2. The molecular weight excluding hydrogens is 346 g/mol. The number of pyridine rings is 1. The van der Waals surface area contributed by atoms with E-state index in [0.717, 1.165) is 22.8 Å². The normalized spacial score (nSPS) is 15.4. The average Bonchev–Trinajstić information content (AvgIpc) is 3.26. The van der Waals surface area contributed by atoms with Crippen LogP contribution in [0.2, 0.25) is 0 Å². The molecule has 138 valence electrons. The van der Waals surface area contributed by atoms with Crippen molar-refractivity contribution in [2.75, 3.05) is 26.2 Å². The summed E-state index contributed by atoms with van der Waals surface area (Å²) in [5.74, 6) is 2.41. The van der Waals surface area contributed by atoms with Crippen LogP contribution in [0.5, 0.6) is 17.2 Å². The van der Waals surface area contributed by atoms with Crippen molar-refractivity contribution in [1.82, 2.24) is 15.0 Å². The third-order valence-electron chi connectivity index (χ3n) is 4.36. The maximum absolute atomic E-state index is 5.51. The maximum atomic E-state index is 5.51. The number of rotatable bonds is 5. The Balaban J connectivity index is 1.92. The Morgan fingerprint density at radius 1 is 1.04 bits per heavy atom. The fourth-order valence-electron chi connectivity index (χ4n) is 3.14. The van der Waals surface area contributed by atoms with Crippen LogP contribution in [0.3, 0.4) is 0 Å². The molecule has 3 heterocycles. The van der Waals surface area contributed by atoms with Crippen molar-refractivity contribution >= 4 is 17.7 Å². The molecule has 1 aliphatic heterocycles. The van der Waals surface area contributed by atoms with E-state index in [-0.39, 0.29) is 6.17 Å². The second-order valence-electron chi connectivity index (χ2n) is 5.82. The van der Waals surface area contributed by atoms with Gasteiger partial charge >= 0.3 is 0 Å². The molecule has 0 saturated carbocycles. The van der Waals surface area contributed by atoms with E-state index in [9.17, 15) is 0 Å². The van der Waals surface area contributed by atoms with Crippen LogP contribution in [0.1, 0.15) is 17.4 Å². The summed E-state index contributed by atoms with van der Waals surface area (Å²) < 4.78 is 16.5. The van der Waals surface area contributed by atoms with Crippen molar-refractivity contribution in [1.29, 1.82) is 0 Å². The van der Waals surface area contributed by atoms with E-state index >= 15 is 0 Å². The molecule has 1 aliphatic rings. The Labute approximate surface area is 156 Å². The number of aliphatic imine (C=N–C) groups is 1. The van der Waals surface area contributed by atoms with Crippen LogP contribution >= 0.6 is 0 Å². The van der Waals surface area contributed by atoms with E-state index in [0.29, 0.717) is 17.2 Å². The van der Waals surface area contributed by atoms with Gasteiger partial charge in [0, 0.05) is 36.3 Å². The topological polar surface area (TPSA) is 84.9 Å². The lowest BCUT2D eigenvalue weighted by atomic mass is 10.1. The first kappa shape index (κ1) is 16.9. The van der Waals surface area contributed by atoms with Crippen LogP contribution in [-0.2, 0) is 0 Å². The van der Waals surface area contributed by atoms with Crippen molar-refractivity contribution in [3.8, 4) is 17.2 Å². The van der Waals surface area contributed by atoms with E-state index in [2.05, 4.69) is 15.0 Å². The molecule has 0 amide bonds. The highest BCUT2D eigenvalue weighted by molar-refractivity contribution is 5.91. The van der Waals surface area contributed by atoms with Crippen molar-refractivity contribution in [3.63, 3.8) is 0 Å². The number of aromatic amines is 1. The largest absolute Gasteiger partial charge is 0.493 e. The summed E-state index contributed by atoms with van der Waals surface area (Å²) in [6.07, 6.45) is 6.65. The zero-order valence-electron chi connectivity index (χ0n) is 15.2. The number of fused-ring (bicyclic) bond motifs is 1. The van der Waals surface area contributed by atoms with Gasteiger partial charge in [0.1, 0.15) is 11.5 Å². The number of hydrogen-bond donors (Lipinski definition) is 1. The number of nitrogens with one attached hydrogen (secondary N) is 1. The number of imidazole rings is 1. The first-order chi connectivity index (χ1) is 13.3. The number of benzene rings is 1. The monoisotopic (exact) mass is 365 g/mol. The predicted octanol–water partition coefficient (Wildman–Crippen LogP) is 3.10. The Kier molecular flexibility index (Phi) is 4.37. The first-order valence-corrected chi connectivity index (χ1v) is 8.33. The average molecular weight is 365 g/mol. The highest BCUT2D eigenvalue weighted by Gasteiger charge is 2.30. The number of nitrogens with zero attached hydrogens (tertiary/aromatic N) is 4. The molecule has 4 rings (SSSR count). The van der Waals surface area contributed by atoms with Gasteiger partial charge in [-0.25, -0.2) is 9.97 Å². The van der Waals surface area contributed by atoms with Crippen LogP contribution in [0.4, 0.5) is 11.5 Å². The summed E-state index contributed by atoms with van der Waals surface area (Å²) in [5.41, 5.74) is 2.49. The minimum atomic E-state index is -0.374. The number of aromatic nitrogens is 3. The van der Waals surface area contributed by atoms with E-state index in [1.165, 1.54) is 0 Å². The third kappa shape index (κ3) is 2.84. The van der Waals surface area contributed by atoms with Crippen molar-refractivity contribution in [2.24, 2.45) is 4.99 Å². The number of methoxy groups -OCH3 is 3. The minimum absolute atomic E-state index is 0.374. The zero-order chi connectivity index (χ0) is 18.8. The molecule has 1 N–H and O–H groups in total. The van der Waals surface area contributed by atoms with Gasteiger partial charge in [-0.1, -0.05) is 0 Å². The molecule has 1 aromatic carbocycles. The summed E-state index contributed by atoms with van der Waals surface area (Å²) in [6.45, 7) is 0. The molecule has 1 unspecified atom stereocenters. The molecule has 0 spiro atoms. The van der Waals surface area contributed by atoms with Crippen LogP contribution < -0.4 is 19.1 Å². The van der Waals surface area contributed by atoms with Crippen LogP contribution in [0.25, 0.3) is 0 Å². The van der Waals surface area contributed by atoms with Gasteiger partial charge in [0.2, 0.25) is 5.75 Å². The lowest BCUT2D eigenvalue weighted by molar-refractivity contribution is 0.324. The predicted molar refractivity (Wildman–Crippen MR) is 101 cm³/mol. The highest BCUT2D eigenvalue weighted by Crippen LogP contribution is 2.46. The molecule has 2 aromatic heterocycles. The van der Waals surface area contributed by atoms with Crippen LogP contribution in [0.15, 0.2) is 48.0 Å². The molecule has 8 heteroatoms. The second kappa shape index (κ2) is 6.99. The lowest BCUT2D eigenvalue weighted by Gasteiger charge is -2.33. The van der Waals surface area contributed by atoms with Crippen LogP contribution in [-0.4, -0.2) is 42.5 Å². The molecule has 0 saturated heterocycles. The third-order valence-corrected chi connectivity index (χ3v) is 4.36. The summed E-state index contributed by atoms with van der Waals surface area (Å²) in [7, 11) is 4.76. The van der Waals surface area contributed by atoms with Gasteiger partial charge in [-0.3, -0.25) is 9.89 Å². The summed E-state index contributed by atoms with van der Waals surface area (Å²) in [6, 6.07) is 7.60. The maximum Gasteiger partial charge on any atom is 0.203 e. The van der Waals surface area contributed by atoms with Gasteiger partial charge in [-0.15, -0.1) is 0 Å². The fourth-order valence-corrected chi connectivity index (χ4v) is 3.14. The molecule has 1 atom stereocenters. The molecule has 8 nitrogen and oxygen atoms in total. The molecule has 0 radical (unpaired) electrons. The smallest absolute Gasteiger partial charge is 0.203 e. The quantitative estimate of drug-likeness (QED) is 0.748. The Morgan fingerprint density at radius 3 is 2.44 bits per heavy atom. The number of ether oxygens (including phenoxy) is 3. The van der Waals surface area contributed by atoms with Crippen molar-refractivity contribution < 1.29 is 14.2 Å². The number of H-pyrrole nitrogens is 1. The molecule has 0 bridgehead atoms. The van der Waals surface area contributed by atoms with E-state index < -0.39 is 0 Å². The van der Waals surface area contributed by atoms with Gasteiger partial charge in [0.05, 0.1) is 33.3 Å². The first-order valence-electron chi connectivity index (χ1n) is 8.33. The lowest BCUT2D eigenvalue weighted by Crippen LogP contribution is -2.28. The van der Waals surface area contributed by atoms with Crippen LogP contribution in [0, 0.1) is 0 Å². The highest BCUT2D eigenvalue weighted by atomic mass is 16.5. The summed E-state index contributed by atoms with van der Waals surface area (Å²) in [5, 5.41) is 0. The van der Waals surface area contributed by atoms with Gasteiger partial charge in [0.25, 0.3) is 0 Å².